The lowest BCUT2D eigenvalue weighted by atomic mass is 10.2. The van der Waals surface area contributed by atoms with E-state index in [9.17, 15) is 4.79 Å². The molecule has 0 atom stereocenters. The molecule has 1 saturated carbocycles. The van der Waals surface area contributed by atoms with Crippen molar-refractivity contribution in [2.45, 2.75) is 12.8 Å². The summed E-state index contributed by atoms with van der Waals surface area (Å²) in [5, 5.41) is 6.13. The van der Waals surface area contributed by atoms with Crippen molar-refractivity contribution in [3.63, 3.8) is 0 Å². The number of amides is 1. The molecular weight excluding hydrogens is 216 g/mol. The van der Waals surface area contributed by atoms with Crippen molar-refractivity contribution in [2.75, 3.05) is 30.9 Å². The van der Waals surface area contributed by atoms with Gasteiger partial charge < -0.3 is 15.4 Å². The molecule has 92 valence electrons. The van der Waals surface area contributed by atoms with Crippen molar-refractivity contribution in [1.82, 2.24) is 0 Å². The second-order valence-electron chi connectivity index (χ2n) is 4.38. The van der Waals surface area contributed by atoms with Gasteiger partial charge in [0, 0.05) is 25.0 Å². The molecular formula is C13H18N2O2. The summed E-state index contributed by atoms with van der Waals surface area (Å²) in [7, 11) is 1.50. The van der Waals surface area contributed by atoms with E-state index in [-0.39, 0.29) is 12.5 Å². The maximum absolute atomic E-state index is 11.3. The van der Waals surface area contributed by atoms with Gasteiger partial charge in [0.25, 0.3) is 0 Å². The number of anilines is 2. The van der Waals surface area contributed by atoms with Crippen LogP contribution in [-0.4, -0.2) is 26.2 Å². The van der Waals surface area contributed by atoms with Crippen LogP contribution in [0.5, 0.6) is 0 Å². The third kappa shape index (κ3) is 4.07. The molecule has 0 aliphatic heterocycles. The zero-order chi connectivity index (χ0) is 12.1. The summed E-state index contributed by atoms with van der Waals surface area (Å²) in [6, 6.07) is 7.74. The lowest BCUT2D eigenvalue weighted by Gasteiger charge is -2.07. The topological polar surface area (TPSA) is 50.4 Å². The summed E-state index contributed by atoms with van der Waals surface area (Å²) >= 11 is 0. The fraction of sp³-hybridized carbons (Fsp3) is 0.462. The zero-order valence-electron chi connectivity index (χ0n) is 10.0. The van der Waals surface area contributed by atoms with Crippen molar-refractivity contribution in [1.29, 1.82) is 0 Å². The minimum Gasteiger partial charge on any atom is -0.385 e. The summed E-state index contributed by atoms with van der Waals surface area (Å²) in [5.41, 5.74) is 1.89. The molecule has 0 radical (unpaired) electrons. The van der Waals surface area contributed by atoms with Crippen LogP contribution in [0.2, 0.25) is 0 Å². The molecule has 0 spiro atoms. The Kier molecular flexibility index (Phi) is 3.98. The maximum Gasteiger partial charge on any atom is 0.250 e. The van der Waals surface area contributed by atoms with Gasteiger partial charge in [0.05, 0.1) is 0 Å². The minimum absolute atomic E-state index is 0.0850. The lowest BCUT2D eigenvalue weighted by molar-refractivity contribution is -0.119. The van der Waals surface area contributed by atoms with Gasteiger partial charge in [-0.3, -0.25) is 4.79 Å². The molecule has 1 aromatic carbocycles. The van der Waals surface area contributed by atoms with E-state index in [1.807, 2.05) is 24.3 Å². The standard InChI is InChI=1S/C13H18N2O2/c1-17-9-13(16)15-12-6-4-11(5-7-12)14-8-10-2-3-10/h4-7,10,14H,2-3,8-9H2,1H3,(H,15,16). The molecule has 0 bridgehead atoms. The van der Waals surface area contributed by atoms with Crippen LogP contribution in [0, 0.1) is 5.92 Å². The van der Waals surface area contributed by atoms with E-state index < -0.39 is 0 Å². The molecule has 1 aliphatic rings. The largest absolute Gasteiger partial charge is 0.385 e. The SMILES string of the molecule is COCC(=O)Nc1ccc(NCC2CC2)cc1. The van der Waals surface area contributed by atoms with Crippen molar-refractivity contribution in [2.24, 2.45) is 5.92 Å². The number of carbonyl (C=O) groups is 1. The Balaban J connectivity index is 1.81. The lowest BCUT2D eigenvalue weighted by Crippen LogP contribution is -2.17. The summed E-state index contributed by atoms with van der Waals surface area (Å²) < 4.78 is 4.75. The Morgan fingerprint density at radius 1 is 1.29 bits per heavy atom. The molecule has 0 saturated heterocycles. The molecule has 1 fully saturated rings. The summed E-state index contributed by atoms with van der Waals surface area (Å²) in [6.45, 7) is 1.14. The smallest absolute Gasteiger partial charge is 0.250 e. The van der Waals surface area contributed by atoms with Crippen molar-refractivity contribution >= 4 is 17.3 Å². The molecule has 1 aliphatic carbocycles. The highest BCUT2D eigenvalue weighted by atomic mass is 16.5. The molecule has 0 aromatic heterocycles. The fourth-order valence-electron chi connectivity index (χ4n) is 1.58. The first-order valence-corrected chi connectivity index (χ1v) is 5.90. The van der Waals surface area contributed by atoms with Crippen LogP contribution in [0.3, 0.4) is 0 Å². The fourth-order valence-corrected chi connectivity index (χ4v) is 1.58. The number of methoxy groups -OCH3 is 1. The first kappa shape index (κ1) is 11.9. The Labute approximate surface area is 101 Å². The van der Waals surface area contributed by atoms with E-state index in [0.29, 0.717) is 0 Å². The van der Waals surface area contributed by atoms with Crippen LogP contribution in [0.4, 0.5) is 11.4 Å². The van der Waals surface area contributed by atoms with E-state index in [4.69, 9.17) is 4.74 Å². The number of hydrogen-bond acceptors (Lipinski definition) is 3. The highest BCUT2D eigenvalue weighted by molar-refractivity contribution is 5.91. The van der Waals surface area contributed by atoms with Crippen molar-refractivity contribution in [3.05, 3.63) is 24.3 Å². The van der Waals surface area contributed by atoms with E-state index in [1.165, 1.54) is 20.0 Å². The van der Waals surface area contributed by atoms with Gasteiger partial charge in [-0.1, -0.05) is 0 Å². The molecule has 2 rings (SSSR count). The van der Waals surface area contributed by atoms with E-state index in [1.54, 1.807) is 0 Å². The number of hydrogen-bond donors (Lipinski definition) is 2. The van der Waals surface area contributed by atoms with Gasteiger partial charge in [0.15, 0.2) is 0 Å². The number of benzene rings is 1. The second-order valence-corrected chi connectivity index (χ2v) is 4.38. The third-order valence-electron chi connectivity index (χ3n) is 2.74. The first-order chi connectivity index (χ1) is 8.28. The van der Waals surface area contributed by atoms with E-state index in [0.717, 1.165) is 23.8 Å². The average Bonchev–Trinajstić information content (AvgIpc) is 3.12. The van der Waals surface area contributed by atoms with Gasteiger partial charge in [-0.25, -0.2) is 0 Å². The van der Waals surface area contributed by atoms with Crippen molar-refractivity contribution < 1.29 is 9.53 Å². The Morgan fingerprint density at radius 2 is 1.94 bits per heavy atom. The molecule has 0 unspecified atom stereocenters. The Morgan fingerprint density at radius 3 is 2.53 bits per heavy atom. The zero-order valence-corrected chi connectivity index (χ0v) is 10.0. The van der Waals surface area contributed by atoms with Gasteiger partial charge in [-0.15, -0.1) is 0 Å². The van der Waals surface area contributed by atoms with Gasteiger partial charge in [-0.05, 0) is 43.0 Å². The minimum atomic E-state index is -0.133. The molecule has 0 heterocycles. The predicted octanol–water partition coefficient (Wildman–Crippen LogP) is 2.09. The number of ether oxygens (including phenoxy) is 1. The normalized spacial score (nSPS) is 14.4. The highest BCUT2D eigenvalue weighted by Gasteiger charge is 2.20. The van der Waals surface area contributed by atoms with E-state index in [2.05, 4.69) is 10.6 Å². The summed E-state index contributed by atoms with van der Waals surface area (Å²) in [4.78, 5) is 11.3. The van der Waals surface area contributed by atoms with Gasteiger partial charge in [0.1, 0.15) is 6.61 Å². The van der Waals surface area contributed by atoms with Crippen LogP contribution in [0.1, 0.15) is 12.8 Å². The molecule has 17 heavy (non-hydrogen) atoms. The predicted molar refractivity (Wildman–Crippen MR) is 68.2 cm³/mol. The maximum atomic E-state index is 11.3. The first-order valence-electron chi connectivity index (χ1n) is 5.90. The van der Waals surface area contributed by atoms with Crippen molar-refractivity contribution in [3.8, 4) is 0 Å². The summed E-state index contributed by atoms with van der Waals surface area (Å²) in [5.74, 6) is 0.724. The second kappa shape index (κ2) is 5.68. The van der Waals surface area contributed by atoms with Gasteiger partial charge in [0.2, 0.25) is 5.91 Å². The van der Waals surface area contributed by atoms with Crippen LogP contribution in [0.15, 0.2) is 24.3 Å². The summed E-state index contributed by atoms with van der Waals surface area (Å²) in [6.07, 6.45) is 2.69. The Hall–Kier alpha value is -1.55. The number of rotatable bonds is 6. The molecule has 1 amide bonds. The average molecular weight is 234 g/mol. The van der Waals surface area contributed by atoms with Gasteiger partial charge >= 0.3 is 0 Å². The molecule has 4 nitrogen and oxygen atoms in total. The molecule has 2 N–H and O–H groups in total. The Bertz CT molecular complexity index is 372. The molecule has 4 heteroatoms. The highest BCUT2D eigenvalue weighted by Crippen LogP contribution is 2.29. The number of carbonyl (C=O) groups excluding carboxylic acids is 1. The van der Waals surface area contributed by atoms with Crippen LogP contribution in [0.25, 0.3) is 0 Å². The molecule has 1 aromatic rings. The quantitative estimate of drug-likeness (QED) is 0.792. The van der Waals surface area contributed by atoms with Crippen LogP contribution in [-0.2, 0) is 9.53 Å². The van der Waals surface area contributed by atoms with Gasteiger partial charge in [-0.2, -0.15) is 0 Å². The monoisotopic (exact) mass is 234 g/mol. The number of nitrogens with one attached hydrogen (secondary N) is 2. The van der Waals surface area contributed by atoms with Crippen LogP contribution >= 0.6 is 0 Å². The van der Waals surface area contributed by atoms with Crippen LogP contribution < -0.4 is 10.6 Å². The third-order valence-corrected chi connectivity index (χ3v) is 2.74. The van der Waals surface area contributed by atoms with E-state index >= 15 is 0 Å².